The van der Waals surface area contributed by atoms with Crippen molar-refractivity contribution in [2.75, 3.05) is 6.54 Å². The van der Waals surface area contributed by atoms with Crippen LogP contribution in [0.25, 0.3) is 0 Å². The number of rotatable bonds is 19. The molecule has 0 saturated carbocycles. The minimum Gasteiger partial charge on any atom is -0.353 e. The van der Waals surface area contributed by atoms with E-state index in [-0.39, 0.29) is 5.91 Å². The molecule has 0 aromatic heterocycles. The molecular weight excluding hydrogens is 306 g/mol. The molecule has 0 saturated heterocycles. The van der Waals surface area contributed by atoms with Gasteiger partial charge in [0.15, 0.2) is 0 Å². The molecule has 0 aliphatic carbocycles. The van der Waals surface area contributed by atoms with E-state index in [9.17, 15) is 4.79 Å². The molecular formula is C23H45NO. The summed E-state index contributed by atoms with van der Waals surface area (Å²) in [5.74, 6) is 0.830. The Kier molecular flexibility index (Phi) is 18.9. The van der Waals surface area contributed by atoms with E-state index in [0.29, 0.717) is 0 Å². The lowest BCUT2D eigenvalue weighted by molar-refractivity contribution is -0.116. The van der Waals surface area contributed by atoms with Crippen LogP contribution in [0.3, 0.4) is 0 Å². The third kappa shape index (κ3) is 21.2. The number of carbonyl (C=O) groups is 1. The van der Waals surface area contributed by atoms with Crippen molar-refractivity contribution < 1.29 is 4.79 Å². The second-order valence-corrected chi connectivity index (χ2v) is 7.98. The van der Waals surface area contributed by atoms with Crippen LogP contribution in [0.4, 0.5) is 0 Å². The predicted octanol–water partition coefficient (Wildman–Crippen LogP) is 7.19. The van der Waals surface area contributed by atoms with Crippen LogP contribution < -0.4 is 5.32 Å². The molecule has 0 aliphatic rings. The normalized spacial score (nSPS) is 11.0. The molecule has 0 aliphatic heterocycles. The Morgan fingerprint density at radius 2 is 1.08 bits per heavy atom. The van der Waals surface area contributed by atoms with Gasteiger partial charge < -0.3 is 5.32 Å². The molecule has 0 unspecified atom stereocenters. The highest BCUT2D eigenvalue weighted by Gasteiger charge is 1.96. The van der Waals surface area contributed by atoms with Crippen LogP contribution in [0.2, 0.25) is 0 Å². The summed E-state index contributed by atoms with van der Waals surface area (Å²) in [6.07, 6.45) is 23.5. The molecule has 1 N–H and O–H groups in total. The Morgan fingerprint density at radius 3 is 1.44 bits per heavy atom. The van der Waals surface area contributed by atoms with Crippen molar-refractivity contribution in [1.82, 2.24) is 5.32 Å². The summed E-state index contributed by atoms with van der Waals surface area (Å²) < 4.78 is 0. The van der Waals surface area contributed by atoms with Gasteiger partial charge in [-0.15, -0.1) is 0 Å². The Morgan fingerprint density at radius 1 is 0.720 bits per heavy atom. The molecule has 0 atom stereocenters. The SMILES string of the molecule is C=CC(=O)NCCCCCCCCCCCCCCCCCC(C)C. The second-order valence-electron chi connectivity index (χ2n) is 7.98. The summed E-state index contributed by atoms with van der Waals surface area (Å²) in [5, 5.41) is 2.83. The molecule has 148 valence electrons. The van der Waals surface area contributed by atoms with Crippen LogP contribution >= 0.6 is 0 Å². The van der Waals surface area contributed by atoms with Gasteiger partial charge >= 0.3 is 0 Å². The van der Waals surface area contributed by atoms with E-state index in [4.69, 9.17) is 0 Å². The van der Waals surface area contributed by atoms with Gasteiger partial charge in [0.2, 0.25) is 5.91 Å². The highest BCUT2D eigenvalue weighted by atomic mass is 16.1. The molecule has 0 aromatic carbocycles. The Balaban J connectivity index is 3.03. The van der Waals surface area contributed by atoms with Gasteiger partial charge in [-0.2, -0.15) is 0 Å². The predicted molar refractivity (Wildman–Crippen MR) is 112 cm³/mol. The van der Waals surface area contributed by atoms with Crippen LogP contribution in [0.5, 0.6) is 0 Å². The lowest BCUT2D eigenvalue weighted by Crippen LogP contribution is -2.21. The number of hydrogen-bond donors (Lipinski definition) is 1. The smallest absolute Gasteiger partial charge is 0.243 e. The zero-order valence-corrected chi connectivity index (χ0v) is 17.3. The third-order valence-corrected chi connectivity index (χ3v) is 4.94. The zero-order valence-electron chi connectivity index (χ0n) is 17.3. The highest BCUT2D eigenvalue weighted by molar-refractivity contribution is 5.86. The van der Waals surface area contributed by atoms with E-state index >= 15 is 0 Å². The Bertz CT molecular complexity index is 298. The molecule has 0 bridgehead atoms. The van der Waals surface area contributed by atoms with Crippen molar-refractivity contribution in [3.05, 3.63) is 12.7 Å². The van der Waals surface area contributed by atoms with Crippen LogP contribution in [0.1, 0.15) is 117 Å². The van der Waals surface area contributed by atoms with Crippen molar-refractivity contribution in [2.24, 2.45) is 5.92 Å². The van der Waals surface area contributed by atoms with Gasteiger partial charge in [0.25, 0.3) is 0 Å². The molecule has 0 fully saturated rings. The van der Waals surface area contributed by atoms with Gasteiger partial charge in [0.05, 0.1) is 0 Å². The van der Waals surface area contributed by atoms with Crippen molar-refractivity contribution >= 4 is 5.91 Å². The molecule has 25 heavy (non-hydrogen) atoms. The molecule has 0 rings (SSSR count). The standard InChI is InChI=1S/C23H45NO/c1-4-23(25)24-21-19-17-15-13-11-9-7-5-6-8-10-12-14-16-18-20-22(2)3/h4,22H,1,5-21H2,2-3H3,(H,24,25). The summed E-state index contributed by atoms with van der Waals surface area (Å²) in [6, 6.07) is 0. The number of hydrogen-bond acceptors (Lipinski definition) is 1. The molecule has 2 nitrogen and oxygen atoms in total. The fourth-order valence-corrected chi connectivity index (χ4v) is 3.26. The van der Waals surface area contributed by atoms with Gasteiger partial charge in [-0.05, 0) is 18.4 Å². The Hall–Kier alpha value is -0.790. The Labute approximate surface area is 158 Å². The lowest BCUT2D eigenvalue weighted by Gasteiger charge is -2.05. The van der Waals surface area contributed by atoms with E-state index in [2.05, 4.69) is 25.7 Å². The monoisotopic (exact) mass is 351 g/mol. The summed E-state index contributed by atoms with van der Waals surface area (Å²) in [6.45, 7) is 8.89. The first-order valence-electron chi connectivity index (χ1n) is 11.1. The van der Waals surface area contributed by atoms with Gasteiger partial charge in [0, 0.05) is 6.54 Å². The molecule has 0 spiro atoms. The summed E-state index contributed by atoms with van der Waals surface area (Å²) >= 11 is 0. The third-order valence-electron chi connectivity index (χ3n) is 4.94. The van der Waals surface area contributed by atoms with Gasteiger partial charge in [-0.3, -0.25) is 4.79 Å². The summed E-state index contributed by atoms with van der Waals surface area (Å²) in [5.41, 5.74) is 0. The molecule has 0 aromatic rings. The largest absolute Gasteiger partial charge is 0.353 e. The van der Waals surface area contributed by atoms with Crippen molar-refractivity contribution in [2.45, 2.75) is 117 Å². The minimum absolute atomic E-state index is 0.0499. The topological polar surface area (TPSA) is 29.1 Å². The zero-order chi connectivity index (χ0) is 18.6. The fraction of sp³-hybridized carbons (Fsp3) is 0.870. The lowest BCUT2D eigenvalue weighted by atomic mass is 10.0. The average Bonchev–Trinajstić information content (AvgIpc) is 2.60. The number of unbranched alkanes of at least 4 members (excludes halogenated alkanes) is 14. The first-order valence-corrected chi connectivity index (χ1v) is 11.1. The summed E-state index contributed by atoms with van der Waals surface area (Å²) in [7, 11) is 0. The van der Waals surface area contributed by atoms with Crippen LogP contribution in [0, 0.1) is 5.92 Å². The van der Waals surface area contributed by atoms with Gasteiger partial charge in [0.1, 0.15) is 0 Å². The van der Waals surface area contributed by atoms with E-state index in [1.807, 2.05) is 0 Å². The van der Waals surface area contributed by atoms with Gasteiger partial charge in [-0.1, -0.05) is 117 Å². The first-order chi connectivity index (χ1) is 12.2. The van der Waals surface area contributed by atoms with Crippen molar-refractivity contribution in [3.8, 4) is 0 Å². The van der Waals surface area contributed by atoms with Crippen LogP contribution in [-0.2, 0) is 4.79 Å². The summed E-state index contributed by atoms with van der Waals surface area (Å²) in [4.78, 5) is 11.0. The van der Waals surface area contributed by atoms with Gasteiger partial charge in [-0.25, -0.2) is 0 Å². The maximum Gasteiger partial charge on any atom is 0.243 e. The van der Waals surface area contributed by atoms with Crippen molar-refractivity contribution in [3.63, 3.8) is 0 Å². The second kappa shape index (κ2) is 19.5. The number of carbonyl (C=O) groups excluding carboxylic acids is 1. The van der Waals surface area contributed by atoms with E-state index in [1.54, 1.807) is 0 Å². The van der Waals surface area contributed by atoms with Crippen LogP contribution in [0.15, 0.2) is 12.7 Å². The number of nitrogens with one attached hydrogen (secondary N) is 1. The van der Waals surface area contributed by atoms with Crippen molar-refractivity contribution in [1.29, 1.82) is 0 Å². The molecule has 0 heterocycles. The maximum atomic E-state index is 11.0. The van der Waals surface area contributed by atoms with E-state index < -0.39 is 0 Å². The first kappa shape index (κ1) is 24.2. The van der Waals surface area contributed by atoms with Crippen LogP contribution in [-0.4, -0.2) is 12.5 Å². The molecule has 2 heteroatoms. The van der Waals surface area contributed by atoms with E-state index in [1.165, 1.54) is 102 Å². The average molecular weight is 352 g/mol. The highest BCUT2D eigenvalue weighted by Crippen LogP contribution is 2.14. The molecule has 1 amide bonds. The maximum absolute atomic E-state index is 11.0. The minimum atomic E-state index is -0.0499. The fourth-order valence-electron chi connectivity index (χ4n) is 3.26. The quantitative estimate of drug-likeness (QED) is 0.194. The van der Waals surface area contributed by atoms with E-state index in [0.717, 1.165) is 18.9 Å². The number of amides is 1. The molecule has 0 radical (unpaired) electrons.